The monoisotopic (exact) mass is 246 g/mol. The lowest BCUT2D eigenvalue weighted by molar-refractivity contribution is 0.389. The van der Waals surface area contributed by atoms with E-state index in [9.17, 15) is 0 Å². The van der Waals surface area contributed by atoms with Gasteiger partial charge in [-0.3, -0.25) is 4.40 Å². The van der Waals surface area contributed by atoms with E-state index in [0.717, 1.165) is 30.3 Å². The van der Waals surface area contributed by atoms with Crippen LogP contribution in [0.1, 0.15) is 25.6 Å². The van der Waals surface area contributed by atoms with E-state index in [1.165, 1.54) is 6.42 Å². The molecular weight excluding hydrogens is 228 g/mol. The van der Waals surface area contributed by atoms with Crippen LogP contribution >= 0.6 is 0 Å². The van der Waals surface area contributed by atoms with Crippen molar-refractivity contribution >= 4 is 11.5 Å². The normalized spacial score (nSPS) is 24.3. The average molecular weight is 246 g/mol. The minimum absolute atomic E-state index is 0.398. The molecule has 2 atom stereocenters. The molecule has 2 aromatic heterocycles. The summed E-state index contributed by atoms with van der Waals surface area (Å²) in [6.45, 7) is 5.24. The summed E-state index contributed by atoms with van der Waals surface area (Å²) in [6, 6.07) is 0.847. The number of aromatic nitrogens is 4. The van der Waals surface area contributed by atoms with Gasteiger partial charge in [0.25, 0.3) is 0 Å². The van der Waals surface area contributed by atoms with E-state index in [0.29, 0.717) is 12.1 Å². The lowest BCUT2D eigenvalue weighted by atomic mass is 10.00. The van der Waals surface area contributed by atoms with Gasteiger partial charge in [0.1, 0.15) is 5.82 Å². The molecule has 2 N–H and O–H groups in total. The molecule has 1 aliphatic rings. The quantitative estimate of drug-likeness (QED) is 0.827. The molecule has 1 saturated heterocycles. The first-order chi connectivity index (χ1) is 8.75. The highest BCUT2D eigenvalue weighted by molar-refractivity contribution is 5.62. The van der Waals surface area contributed by atoms with Gasteiger partial charge in [0.2, 0.25) is 5.65 Å². The maximum Gasteiger partial charge on any atom is 0.203 e. The summed E-state index contributed by atoms with van der Waals surface area (Å²) in [5.41, 5.74) is 0.799. The van der Waals surface area contributed by atoms with Crippen LogP contribution in [0.3, 0.4) is 0 Å². The summed E-state index contributed by atoms with van der Waals surface area (Å²) in [5, 5.41) is 15.2. The molecular formula is C12H18N6. The molecule has 0 spiro atoms. The lowest BCUT2D eigenvalue weighted by Gasteiger charge is -2.30. The highest BCUT2D eigenvalue weighted by Crippen LogP contribution is 2.17. The van der Waals surface area contributed by atoms with Crippen LogP contribution in [-0.2, 0) is 0 Å². The highest BCUT2D eigenvalue weighted by Gasteiger charge is 2.22. The van der Waals surface area contributed by atoms with E-state index >= 15 is 0 Å². The van der Waals surface area contributed by atoms with E-state index in [2.05, 4.69) is 32.7 Å². The fourth-order valence-electron chi connectivity index (χ4n) is 2.46. The predicted molar refractivity (Wildman–Crippen MR) is 69.6 cm³/mol. The smallest absolute Gasteiger partial charge is 0.203 e. The topological polar surface area (TPSA) is 67.1 Å². The zero-order chi connectivity index (χ0) is 12.5. The molecule has 3 rings (SSSR count). The number of aryl methyl sites for hydroxylation is 1. The number of anilines is 1. The zero-order valence-corrected chi connectivity index (χ0v) is 10.7. The molecule has 1 fully saturated rings. The van der Waals surface area contributed by atoms with Crippen molar-refractivity contribution in [3.63, 3.8) is 0 Å². The number of fused-ring (bicyclic) bond motifs is 1. The predicted octanol–water partition coefficient (Wildman–Crippen LogP) is 0.985. The third kappa shape index (κ3) is 1.92. The Morgan fingerprint density at radius 3 is 3.17 bits per heavy atom. The van der Waals surface area contributed by atoms with E-state index in [-0.39, 0.29) is 0 Å². The second-order valence-corrected chi connectivity index (χ2v) is 4.85. The molecule has 2 unspecified atom stereocenters. The fraction of sp³-hybridized carbons (Fsp3) is 0.583. The minimum atomic E-state index is 0.398. The van der Waals surface area contributed by atoms with Gasteiger partial charge in [-0.2, -0.15) is 0 Å². The number of hydrogen-bond acceptors (Lipinski definition) is 5. The first kappa shape index (κ1) is 11.4. The minimum Gasteiger partial charge on any atom is -0.363 e. The van der Waals surface area contributed by atoms with Gasteiger partial charge in [0.05, 0.1) is 0 Å². The molecule has 0 aromatic carbocycles. The summed E-state index contributed by atoms with van der Waals surface area (Å²) in [7, 11) is 0. The molecule has 96 valence electrons. The van der Waals surface area contributed by atoms with Crippen molar-refractivity contribution in [2.24, 2.45) is 0 Å². The number of rotatable bonds is 2. The van der Waals surface area contributed by atoms with Crippen molar-refractivity contribution < 1.29 is 0 Å². The summed E-state index contributed by atoms with van der Waals surface area (Å²) < 4.78 is 1.95. The van der Waals surface area contributed by atoms with Crippen molar-refractivity contribution in [3.8, 4) is 0 Å². The molecule has 0 amide bonds. The second kappa shape index (κ2) is 4.53. The summed E-state index contributed by atoms with van der Waals surface area (Å²) in [5.74, 6) is 1.70. The molecule has 3 heterocycles. The Bertz CT molecular complexity index is 548. The Hall–Kier alpha value is -1.69. The average Bonchev–Trinajstić information content (AvgIpc) is 2.76. The highest BCUT2D eigenvalue weighted by atomic mass is 15.3. The van der Waals surface area contributed by atoms with E-state index in [4.69, 9.17) is 0 Å². The van der Waals surface area contributed by atoms with Crippen LogP contribution in [0.2, 0.25) is 0 Å². The molecule has 0 aliphatic carbocycles. The number of nitrogens with zero attached hydrogens (tertiary/aromatic N) is 4. The van der Waals surface area contributed by atoms with Crippen LogP contribution in [0, 0.1) is 6.92 Å². The third-order valence-electron chi connectivity index (χ3n) is 3.58. The first-order valence-electron chi connectivity index (χ1n) is 6.42. The van der Waals surface area contributed by atoms with Crippen LogP contribution in [0.15, 0.2) is 12.4 Å². The van der Waals surface area contributed by atoms with E-state index in [1.807, 2.05) is 17.5 Å². The van der Waals surface area contributed by atoms with Crippen LogP contribution in [0.4, 0.5) is 5.82 Å². The maximum atomic E-state index is 4.39. The molecule has 2 aromatic rings. The van der Waals surface area contributed by atoms with E-state index in [1.54, 1.807) is 6.20 Å². The van der Waals surface area contributed by atoms with Gasteiger partial charge in [0.15, 0.2) is 5.82 Å². The van der Waals surface area contributed by atoms with Crippen LogP contribution in [0.5, 0.6) is 0 Å². The molecule has 0 saturated carbocycles. The van der Waals surface area contributed by atoms with Gasteiger partial charge in [-0.1, -0.05) is 0 Å². The molecule has 6 heteroatoms. The van der Waals surface area contributed by atoms with Gasteiger partial charge < -0.3 is 10.6 Å². The van der Waals surface area contributed by atoms with Gasteiger partial charge in [0, 0.05) is 24.5 Å². The summed E-state index contributed by atoms with van der Waals surface area (Å²) >= 11 is 0. The van der Waals surface area contributed by atoms with Gasteiger partial charge in [-0.05, 0) is 33.2 Å². The second-order valence-electron chi connectivity index (χ2n) is 4.85. The van der Waals surface area contributed by atoms with Crippen molar-refractivity contribution in [2.45, 2.75) is 38.8 Å². The Balaban J connectivity index is 1.90. The standard InChI is InChI=1S/C12H18N6/c1-8-10(4-3-5-13-8)15-11-12-17-16-9(2)18(12)7-6-14-11/h6-8,10,13H,3-5H2,1-2H3,(H,14,15). The van der Waals surface area contributed by atoms with Crippen molar-refractivity contribution in [1.82, 2.24) is 24.9 Å². The summed E-state index contributed by atoms with van der Waals surface area (Å²) in [4.78, 5) is 4.39. The molecule has 1 aliphatic heterocycles. The van der Waals surface area contributed by atoms with Crippen molar-refractivity contribution in [1.29, 1.82) is 0 Å². The zero-order valence-electron chi connectivity index (χ0n) is 10.7. The van der Waals surface area contributed by atoms with E-state index < -0.39 is 0 Å². The Kier molecular flexibility index (Phi) is 2.87. The van der Waals surface area contributed by atoms with Crippen LogP contribution in [-0.4, -0.2) is 38.2 Å². The number of nitrogens with one attached hydrogen (secondary N) is 2. The lowest BCUT2D eigenvalue weighted by Crippen LogP contribution is -2.46. The Morgan fingerprint density at radius 1 is 1.44 bits per heavy atom. The number of piperidine rings is 1. The molecule has 0 bridgehead atoms. The van der Waals surface area contributed by atoms with Gasteiger partial charge in [-0.15, -0.1) is 10.2 Å². The molecule has 6 nitrogen and oxygen atoms in total. The Labute approximate surface area is 106 Å². The molecule has 18 heavy (non-hydrogen) atoms. The van der Waals surface area contributed by atoms with Crippen molar-refractivity contribution in [2.75, 3.05) is 11.9 Å². The summed E-state index contributed by atoms with van der Waals surface area (Å²) in [6.07, 6.45) is 6.02. The first-order valence-corrected chi connectivity index (χ1v) is 6.42. The number of hydrogen-bond donors (Lipinski definition) is 2. The van der Waals surface area contributed by atoms with Crippen LogP contribution < -0.4 is 10.6 Å². The van der Waals surface area contributed by atoms with Crippen molar-refractivity contribution in [3.05, 3.63) is 18.2 Å². The third-order valence-corrected chi connectivity index (χ3v) is 3.58. The SMILES string of the molecule is Cc1nnc2c(NC3CCCNC3C)nccn12. The van der Waals surface area contributed by atoms with Crippen LogP contribution in [0.25, 0.3) is 5.65 Å². The Morgan fingerprint density at radius 2 is 2.33 bits per heavy atom. The van der Waals surface area contributed by atoms with Gasteiger partial charge >= 0.3 is 0 Å². The fourth-order valence-corrected chi connectivity index (χ4v) is 2.46. The largest absolute Gasteiger partial charge is 0.363 e. The maximum absolute atomic E-state index is 4.39. The molecule has 0 radical (unpaired) electrons. The van der Waals surface area contributed by atoms with Gasteiger partial charge in [-0.25, -0.2) is 4.98 Å².